The molecule has 21 heavy (non-hydrogen) atoms. The zero-order valence-electron chi connectivity index (χ0n) is 12.6. The molecule has 1 aromatic rings. The van der Waals surface area contributed by atoms with Crippen molar-refractivity contribution in [2.45, 2.75) is 20.8 Å². The van der Waals surface area contributed by atoms with Crippen LogP contribution in [0.3, 0.4) is 0 Å². The molecule has 0 spiro atoms. The summed E-state index contributed by atoms with van der Waals surface area (Å²) in [4.78, 5) is 38.2. The third-order valence-electron chi connectivity index (χ3n) is 3.04. The van der Waals surface area contributed by atoms with Crippen molar-refractivity contribution in [3.05, 3.63) is 29.8 Å². The smallest absolute Gasteiger partial charge is 0.319 e. The number of hydrogen-bond acceptors (Lipinski definition) is 4. The van der Waals surface area contributed by atoms with E-state index in [9.17, 15) is 14.4 Å². The molecule has 114 valence electrons. The van der Waals surface area contributed by atoms with E-state index in [0.29, 0.717) is 12.2 Å². The van der Waals surface area contributed by atoms with Crippen molar-refractivity contribution in [1.29, 1.82) is 0 Å². The van der Waals surface area contributed by atoms with Gasteiger partial charge in [-0.25, -0.2) is 0 Å². The summed E-state index contributed by atoms with van der Waals surface area (Å²) in [6.45, 7) is 5.40. The maximum Gasteiger partial charge on any atom is 0.319 e. The lowest BCUT2D eigenvalue weighted by Crippen LogP contribution is -2.48. The molecule has 6 nitrogen and oxygen atoms in total. The minimum Gasteiger partial charge on any atom is -0.329 e. The number of anilines is 1. The van der Waals surface area contributed by atoms with Crippen LogP contribution in [0.1, 0.15) is 19.4 Å². The molecule has 0 radical (unpaired) electrons. The van der Waals surface area contributed by atoms with Gasteiger partial charge in [0.1, 0.15) is 0 Å². The number of amides is 3. The average Bonchev–Trinajstić information content (AvgIpc) is 2.44. The van der Waals surface area contributed by atoms with Gasteiger partial charge in [0, 0.05) is 32.2 Å². The average molecular weight is 291 g/mol. The Morgan fingerprint density at radius 1 is 1.19 bits per heavy atom. The zero-order chi connectivity index (χ0) is 16.0. The number of aryl methyl sites for hydroxylation is 1. The number of benzene rings is 1. The van der Waals surface area contributed by atoms with Gasteiger partial charge in [0.05, 0.1) is 0 Å². The van der Waals surface area contributed by atoms with Crippen molar-refractivity contribution < 1.29 is 14.4 Å². The Bertz CT molecular complexity index is 543. The van der Waals surface area contributed by atoms with Gasteiger partial charge in [0.15, 0.2) is 0 Å². The lowest BCUT2D eigenvalue weighted by molar-refractivity contribution is -0.150. The molecule has 0 saturated carbocycles. The Hall–Kier alpha value is -2.21. The summed E-state index contributed by atoms with van der Waals surface area (Å²) >= 11 is 0. The molecule has 0 bridgehead atoms. The van der Waals surface area contributed by atoms with Gasteiger partial charge in [0.25, 0.3) is 0 Å². The van der Waals surface area contributed by atoms with E-state index >= 15 is 0 Å². The highest BCUT2D eigenvalue weighted by Gasteiger charge is 2.29. The second kappa shape index (κ2) is 7.54. The predicted octanol–water partition coefficient (Wildman–Crippen LogP) is 0.682. The van der Waals surface area contributed by atoms with Gasteiger partial charge in [-0.1, -0.05) is 12.1 Å². The quantitative estimate of drug-likeness (QED) is 0.827. The first-order valence-electron chi connectivity index (χ1n) is 6.83. The third kappa shape index (κ3) is 4.13. The second-order valence-corrected chi connectivity index (χ2v) is 4.65. The Morgan fingerprint density at radius 2 is 1.86 bits per heavy atom. The molecule has 0 fully saturated rings. The van der Waals surface area contributed by atoms with Gasteiger partial charge < -0.3 is 10.6 Å². The van der Waals surface area contributed by atoms with Gasteiger partial charge in [0.2, 0.25) is 5.91 Å². The number of nitrogens with two attached hydrogens (primary N) is 1. The molecule has 0 saturated heterocycles. The molecule has 0 aliphatic heterocycles. The first-order chi connectivity index (χ1) is 9.92. The lowest BCUT2D eigenvalue weighted by Gasteiger charge is -2.24. The summed E-state index contributed by atoms with van der Waals surface area (Å²) in [5.74, 6) is -2.07. The SMILES string of the molecule is CCN(C(=O)C(=O)N(CCN)C(C)=O)c1cccc(C)c1. The van der Waals surface area contributed by atoms with E-state index in [1.165, 1.54) is 11.8 Å². The Morgan fingerprint density at radius 3 is 2.33 bits per heavy atom. The number of imide groups is 1. The molecule has 3 amide bonds. The molecule has 1 rings (SSSR count). The molecule has 0 aliphatic carbocycles. The summed E-state index contributed by atoms with van der Waals surface area (Å²) < 4.78 is 0. The molecule has 2 N–H and O–H groups in total. The monoisotopic (exact) mass is 291 g/mol. The van der Waals surface area contributed by atoms with Crippen molar-refractivity contribution in [2.75, 3.05) is 24.5 Å². The number of carbonyl (C=O) groups is 3. The van der Waals surface area contributed by atoms with E-state index in [0.717, 1.165) is 10.5 Å². The number of likely N-dealkylation sites (N-methyl/N-ethyl adjacent to an activating group) is 1. The van der Waals surface area contributed by atoms with Crippen LogP contribution in [0.4, 0.5) is 5.69 Å². The third-order valence-corrected chi connectivity index (χ3v) is 3.04. The minimum atomic E-state index is -0.851. The van der Waals surface area contributed by atoms with E-state index < -0.39 is 17.7 Å². The summed E-state index contributed by atoms with van der Waals surface area (Å²) in [7, 11) is 0. The summed E-state index contributed by atoms with van der Waals surface area (Å²) in [6.07, 6.45) is 0. The van der Waals surface area contributed by atoms with Crippen LogP contribution in [-0.4, -0.2) is 42.3 Å². The number of hydrogen-bond donors (Lipinski definition) is 1. The van der Waals surface area contributed by atoms with Crippen molar-refractivity contribution >= 4 is 23.4 Å². The van der Waals surface area contributed by atoms with Crippen molar-refractivity contribution in [2.24, 2.45) is 5.73 Å². The van der Waals surface area contributed by atoms with Gasteiger partial charge >= 0.3 is 11.8 Å². The molecule has 6 heteroatoms. The van der Waals surface area contributed by atoms with Crippen molar-refractivity contribution in [3.8, 4) is 0 Å². The molecular weight excluding hydrogens is 270 g/mol. The van der Waals surface area contributed by atoms with Crippen LogP contribution in [0.15, 0.2) is 24.3 Å². The molecule has 0 heterocycles. The van der Waals surface area contributed by atoms with Crippen molar-refractivity contribution in [1.82, 2.24) is 4.90 Å². The number of nitrogens with zero attached hydrogens (tertiary/aromatic N) is 2. The van der Waals surface area contributed by atoms with E-state index in [1.807, 2.05) is 25.1 Å². The fraction of sp³-hybridized carbons (Fsp3) is 0.400. The highest BCUT2D eigenvalue weighted by Crippen LogP contribution is 2.16. The molecule has 1 aromatic carbocycles. The van der Waals surface area contributed by atoms with Crippen LogP contribution in [-0.2, 0) is 14.4 Å². The summed E-state index contributed by atoms with van der Waals surface area (Å²) in [5.41, 5.74) is 6.99. The Kier molecular flexibility index (Phi) is 6.05. The van der Waals surface area contributed by atoms with Gasteiger partial charge in [-0.15, -0.1) is 0 Å². The highest BCUT2D eigenvalue weighted by molar-refractivity contribution is 6.42. The first-order valence-corrected chi connectivity index (χ1v) is 6.83. The van der Waals surface area contributed by atoms with Crippen molar-refractivity contribution in [3.63, 3.8) is 0 Å². The lowest BCUT2D eigenvalue weighted by atomic mass is 10.2. The summed E-state index contributed by atoms with van der Waals surface area (Å²) in [6, 6.07) is 7.28. The zero-order valence-corrected chi connectivity index (χ0v) is 12.6. The van der Waals surface area contributed by atoms with Gasteiger partial charge in [-0.3, -0.25) is 19.3 Å². The maximum absolute atomic E-state index is 12.3. The van der Waals surface area contributed by atoms with Crippen LogP contribution in [0.25, 0.3) is 0 Å². The second-order valence-electron chi connectivity index (χ2n) is 4.65. The number of carbonyl (C=O) groups excluding carboxylic acids is 3. The van der Waals surface area contributed by atoms with E-state index in [1.54, 1.807) is 13.0 Å². The standard InChI is InChI=1S/C15H21N3O3/c1-4-17(13-7-5-6-11(2)10-13)14(20)15(21)18(9-8-16)12(3)19/h5-7,10H,4,8-9,16H2,1-3H3. The fourth-order valence-corrected chi connectivity index (χ4v) is 2.00. The first kappa shape index (κ1) is 16.8. The highest BCUT2D eigenvalue weighted by atomic mass is 16.2. The molecule has 0 aliphatic rings. The molecular formula is C15H21N3O3. The molecule has 0 atom stereocenters. The molecule has 0 aromatic heterocycles. The van der Waals surface area contributed by atoms with E-state index in [-0.39, 0.29) is 13.1 Å². The van der Waals surface area contributed by atoms with Crippen LogP contribution in [0.2, 0.25) is 0 Å². The normalized spacial score (nSPS) is 10.1. The van der Waals surface area contributed by atoms with Crippen LogP contribution in [0, 0.1) is 6.92 Å². The summed E-state index contributed by atoms with van der Waals surface area (Å²) in [5, 5.41) is 0. The Labute approximate surface area is 124 Å². The van der Waals surface area contributed by atoms with Crippen LogP contribution >= 0.6 is 0 Å². The van der Waals surface area contributed by atoms with E-state index in [2.05, 4.69) is 0 Å². The largest absolute Gasteiger partial charge is 0.329 e. The molecule has 0 unspecified atom stereocenters. The van der Waals surface area contributed by atoms with Crippen LogP contribution < -0.4 is 10.6 Å². The van der Waals surface area contributed by atoms with Gasteiger partial charge in [-0.05, 0) is 31.5 Å². The topological polar surface area (TPSA) is 83.7 Å². The maximum atomic E-state index is 12.3. The minimum absolute atomic E-state index is 0.0330. The van der Waals surface area contributed by atoms with Crippen LogP contribution in [0.5, 0.6) is 0 Å². The van der Waals surface area contributed by atoms with E-state index in [4.69, 9.17) is 5.73 Å². The van der Waals surface area contributed by atoms with Gasteiger partial charge in [-0.2, -0.15) is 0 Å². The predicted molar refractivity (Wildman–Crippen MR) is 80.7 cm³/mol. The Balaban J connectivity index is 3.02. The number of rotatable bonds is 4. The fourth-order valence-electron chi connectivity index (χ4n) is 2.00.